The number of amides is 2. The molecule has 1 aromatic heterocycles. The van der Waals surface area contributed by atoms with Crippen molar-refractivity contribution in [3.63, 3.8) is 0 Å². The van der Waals surface area contributed by atoms with Gasteiger partial charge in [0.1, 0.15) is 5.75 Å². The second-order valence-electron chi connectivity index (χ2n) is 7.65. The molecular weight excluding hydrogens is 372 g/mol. The molecule has 29 heavy (non-hydrogen) atoms. The number of ether oxygens (including phenoxy) is 1. The van der Waals surface area contributed by atoms with E-state index >= 15 is 0 Å². The Kier molecular flexibility index (Phi) is 5.73. The van der Waals surface area contributed by atoms with E-state index in [1.54, 1.807) is 24.1 Å². The van der Waals surface area contributed by atoms with Crippen molar-refractivity contribution >= 4 is 17.5 Å². The quantitative estimate of drug-likeness (QED) is 0.797. The maximum absolute atomic E-state index is 12.7. The van der Waals surface area contributed by atoms with Gasteiger partial charge in [0.25, 0.3) is 0 Å². The molecule has 1 atom stereocenters. The van der Waals surface area contributed by atoms with E-state index in [1.165, 1.54) is 19.3 Å². The van der Waals surface area contributed by atoms with Gasteiger partial charge in [-0.2, -0.15) is 0 Å². The van der Waals surface area contributed by atoms with Crippen molar-refractivity contribution in [2.24, 2.45) is 5.92 Å². The number of hydrogen-bond donors (Lipinski definition) is 1. The lowest BCUT2D eigenvalue weighted by molar-refractivity contribution is -0.126. The van der Waals surface area contributed by atoms with Gasteiger partial charge in [-0.3, -0.25) is 9.59 Å². The number of nitrogens with one attached hydrogen (secondary N) is 1. The van der Waals surface area contributed by atoms with Crippen molar-refractivity contribution in [1.82, 2.24) is 25.5 Å². The molecule has 2 heterocycles. The van der Waals surface area contributed by atoms with Gasteiger partial charge in [-0.25, -0.2) is 4.68 Å². The Bertz CT molecular complexity index is 859. The van der Waals surface area contributed by atoms with Crippen LogP contribution in [0.3, 0.4) is 0 Å². The van der Waals surface area contributed by atoms with Crippen LogP contribution in [0.4, 0.5) is 5.69 Å². The molecule has 2 aliphatic rings. The Morgan fingerprint density at radius 1 is 1.21 bits per heavy atom. The summed E-state index contributed by atoms with van der Waals surface area (Å²) in [5, 5.41) is 14.9. The zero-order valence-corrected chi connectivity index (χ0v) is 16.6. The summed E-state index contributed by atoms with van der Waals surface area (Å²) in [5.41, 5.74) is 0.771. The van der Waals surface area contributed by atoms with E-state index in [1.807, 2.05) is 16.8 Å². The van der Waals surface area contributed by atoms with Crippen LogP contribution in [0.15, 0.2) is 24.3 Å². The summed E-state index contributed by atoms with van der Waals surface area (Å²) in [4.78, 5) is 26.7. The van der Waals surface area contributed by atoms with Crippen LogP contribution < -0.4 is 15.0 Å². The molecule has 1 saturated carbocycles. The van der Waals surface area contributed by atoms with Gasteiger partial charge in [-0.15, -0.1) is 5.10 Å². The third kappa shape index (κ3) is 4.23. The molecular formula is C20H26N6O3. The van der Waals surface area contributed by atoms with Gasteiger partial charge >= 0.3 is 0 Å². The van der Waals surface area contributed by atoms with E-state index in [-0.39, 0.29) is 30.7 Å². The first kappa shape index (κ1) is 19.4. The molecule has 0 radical (unpaired) electrons. The van der Waals surface area contributed by atoms with Crippen LogP contribution in [0, 0.1) is 5.92 Å². The van der Waals surface area contributed by atoms with E-state index in [2.05, 4.69) is 20.8 Å². The van der Waals surface area contributed by atoms with Crippen LogP contribution in [-0.4, -0.2) is 45.7 Å². The summed E-state index contributed by atoms with van der Waals surface area (Å²) in [6.45, 7) is 0.639. The molecule has 0 bridgehead atoms. The number of carbonyl (C=O) groups is 2. The van der Waals surface area contributed by atoms with Crippen molar-refractivity contribution in [3.8, 4) is 5.75 Å². The topological polar surface area (TPSA) is 102 Å². The van der Waals surface area contributed by atoms with Crippen molar-refractivity contribution in [1.29, 1.82) is 0 Å². The number of benzene rings is 1. The van der Waals surface area contributed by atoms with Crippen molar-refractivity contribution in [2.45, 2.75) is 51.1 Å². The normalized spacial score (nSPS) is 20.1. The lowest BCUT2D eigenvalue weighted by Gasteiger charge is -2.22. The molecule has 1 unspecified atom stereocenters. The predicted octanol–water partition coefficient (Wildman–Crippen LogP) is 1.86. The van der Waals surface area contributed by atoms with Gasteiger partial charge in [-0.1, -0.05) is 19.3 Å². The van der Waals surface area contributed by atoms with Crippen molar-refractivity contribution < 1.29 is 14.3 Å². The van der Waals surface area contributed by atoms with E-state index in [4.69, 9.17) is 4.74 Å². The molecule has 1 aromatic carbocycles. The molecule has 9 heteroatoms. The SMILES string of the molecule is COc1ccc(N2CC(C(=O)NCc3nnnn3C3CCCCC3)CC2=O)cc1. The Morgan fingerprint density at radius 3 is 2.69 bits per heavy atom. The molecule has 154 valence electrons. The van der Waals surface area contributed by atoms with E-state index in [0.717, 1.165) is 24.3 Å². The van der Waals surface area contributed by atoms with E-state index in [9.17, 15) is 9.59 Å². The molecule has 9 nitrogen and oxygen atoms in total. The fourth-order valence-electron chi connectivity index (χ4n) is 4.14. The minimum Gasteiger partial charge on any atom is -0.497 e. The van der Waals surface area contributed by atoms with Crippen LogP contribution in [0.2, 0.25) is 0 Å². The van der Waals surface area contributed by atoms with Gasteiger partial charge in [0.2, 0.25) is 11.8 Å². The zero-order valence-electron chi connectivity index (χ0n) is 16.6. The van der Waals surface area contributed by atoms with E-state index in [0.29, 0.717) is 18.4 Å². The maximum atomic E-state index is 12.7. The number of rotatable bonds is 6. The molecule has 2 amide bonds. The molecule has 2 aromatic rings. The van der Waals surface area contributed by atoms with Gasteiger partial charge in [-0.05, 0) is 47.5 Å². The van der Waals surface area contributed by atoms with Crippen LogP contribution in [-0.2, 0) is 16.1 Å². The van der Waals surface area contributed by atoms with Gasteiger partial charge in [0.15, 0.2) is 5.82 Å². The Morgan fingerprint density at radius 2 is 1.97 bits per heavy atom. The molecule has 2 fully saturated rings. The largest absolute Gasteiger partial charge is 0.497 e. The van der Waals surface area contributed by atoms with Gasteiger partial charge < -0.3 is 15.0 Å². The highest BCUT2D eigenvalue weighted by Gasteiger charge is 2.35. The smallest absolute Gasteiger partial charge is 0.227 e. The molecule has 0 spiro atoms. The van der Waals surface area contributed by atoms with Crippen LogP contribution in [0.1, 0.15) is 50.4 Å². The number of aromatic nitrogens is 4. The van der Waals surface area contributed by atoms with Gasteiger partial charge in [0.05, 0.1) is 25.6 Å². The Hall–Kier alpha value is -2.97. The van der Waals surface area contributed by atoms with Crippen molar-refractivity contribution in [2.75, 3.05) is 18.6 Å². The number of anilines is 1. The average Bonchev–Trinajstić information content (AvgIpc) is 3.39. The first-order valence-electron chi connectivity index (χ1n) is 10.1. The molecule has 1 saturated heterocycles. The maximum Gasteiger partial charge on any atom is 0.227 e. The zero-order chi connectivity index (χ0) is 20.2. The number of tetrazole rings is 1. The summed E-state index contributed by atoms with van der Waals surface area (Å²) in [6.07, 6.45) is 5.96. The lowest BCUT2D eigenvalue weighted by Crippen LogP contribution is -2.33. The summed E-state index contributed by atoms with van der Waals surface area (Å²) in [7, 11) is 1.60. The van der Waals surface area contributed by atoms with Crippen molar-refractivity contribution in [3.05, 3.63) is 30.1 Å². The third-order valence-electron chi connectivity index (χ3n) is 5.78. The highest BCUT2D eigenvalue weighted by Crippen LogP contribution is 2.28. The highest BCUT2D eigenvalue weighted by molar-refractivity contribution is 6.00. The summed E-state index contributed by atoms with van der Waals surface area (Å²) in [6, 6.07) is 7.58. The Labute approximate surface area is 169 Å². The number of nitrogens with zero attached hydrogens (tertiary/aromatic N) is 5. The van der Waals surface area contributed by atoms with Crippen LogP contribution in [0.25, 0.3) is 0 Å². The third-order valence-corrected chi connectivity index (χ3v) is 5.78. The fourth-order valence-corrected chi connectivity index (χ4v) is 4.14. The molecule has 1 N–H and O–H groups in total. The molecule has 4 rings (SSSR count). The first-order chi connectivity index (χ1) is 14.2. The Balaban J connectivity index is 1.35. The second-order valence-corrected chi connectivity index (χ2v) is 7.65. The van der Waals surface area contributed by atoms with E-state index < -0.39 is 0 Å². The lowest BCUT2D eigenvalue weighted by atomic mass is 9.95. The fraction of sp³-hybridized carbons (Fsp3) is 0.550. The summed E-state index contributed by atoms with van der Waals surface area (Å²) in [5.74, 6) is 0.811. The monoisotopic (exact) mass is 398 g/mol. The van der Waals surface area contributed by atoms with Crippen LogP contribution in [0.5, 0.6) is 5.75 Å². The number of hydrogen-bond acceptors (Lipinski definition) is 6. The first-order valence-corrected chi connectivity index (χ1v) is 10.1. The molecule has 1 aliphatic carbocycles. The number of carbonyl (C=O) groups excluding carboxylic acids is 2. The molecule has 1 aliphatic heterocycles. The minimum atomic E-state index is -0.386. The summed E-state index contributed by atoms with van der Waals surface area (Å²) >= 11 is 0. The number of methoxy groups -OCH3 is 1. The second kappa shape index (κ2) is 8.59. The van der Waals surface area contributed by atoms with Crippen LogP contribution >= 0.6 is 0 Å². The summed E-state index contributed by atoms with van der Waals surface area (Å²) < 4.78 is 7.00. The minimum absolute atomic E-state index is 0.0534. The predicted molar refractivity (Wildman–Crippen MR) is 105 cm³/mol. The van der Waals surface area contributed by atoms with Gasteiger partial charge in [0, 0.05) is 18.7 Å². The average molecular weight is 398 g/mol. The highest BCUT2D eigenvalue weighted by atomic mass is 16.5. The standard InChI is InChI=1S/C20H26N6O3/c1-29-17-9-7-15(8-10-17)25-13-14(11-19(25)27)20(28)21-12-18-22-23-24-26(18)16-5-3-2-4-6-16/h7-10,14,16H,2-6,11-13H2,1H3,(H,21,28).